The summed E-state index contributed by atoms with van der Waals surface area (Å²) in [5.41, 5.74) is 5.99. The monoisotopic (exact) mass is 341 g/mol. The van der Waals surface area contributed by atoms with Crippen LogP contribution >= 0.6 is 35.7 Å². The normalized spacial score (nSPS) is 31.8. The van der Waals surface area contributed by atoms with E-state index in [0.717, 1.165) is 25.0 Å². The number of thioether (sulfide) groups is 1. The van der Waals surface area contributed by atoms with Crippen LogP contribution in [0.2, 0.25) is 0 Å². The molecular formula is C10H20IN3S. The molecule has 2 rings (SSSR count). The minimum atomic E-state index is 0. The number of aliphatic imine (C=N–C) groups is 1. The van der Waals surface area contributed by atoms with Gasteiger partial charge in [0.2, 0.25) is 0 Å². The van der Waals surface area contributed by atoms with Gasteiger partial charge in [-0.15, -0.1) is 24.0 Å². The summed E-state index contributed by atoms with van der Waals surface area (Å²) in [5, 5.41) is 0. The van der Waals surface area contributed by atoms with Crippen LogP contribution in [0.3, 0.4) is 0 Å². The van der Waals surface area contributed by atoms with Gasteiger partial charge < -0.3 is 10.6 Å². The highest BCUT2D eigenvalue weighted by molar-refractivity contribution is 14.0. The van der Waals surface area contributed by atoms with Crippen molar-refractivity contribution in [3.8, 4) is 0 Å². The number of hydrogen-bond acceptors (Lipinski definition) is 2. The van der Waals surface area contributed by atoms with E-state index in [1.807, 2.05) is 11.8 Å². The van der Waals surface area contributed by atoms with E-state index in [0.29, 0.717) is 6.04 Å². The second-order valence-corrected chi connectivity index (χ2v) is 5.43. The molecule has 1 aliphatic carbocycles. The van der Waals surface area contributed by atoms with Crippen LogP contribution in [0.4, 0.5) is 0 Å². The molecule has 0 radical (unpaired) electrons. The predicted molar refractivity (Wildman–Crippen MR) is 78.1 cm³/mol. The highest BCUT2D eigenvalue weighted by Gasteiger charge is 2.27. The van der Waals surface area contributed by atoms with Gasteiger partial charge in [-0.2, -0.15) is 11.8 Å². The second-order valence-electron chi connectivity index (χ2n) is 4.21. The minimum Gasteiger partial charge on any atom is -0.370 e. The first-order chi connectivity index (χ1) is 6.77. The standard InChI is InChI=1S/C10H19N3S.HI/c1-8-2-3-9(8)12-10(11)13-4-6-14-7-5-13;/h8-9H,2-7H2,1H3,(H2,11,12);1H. The van der Waals surface area contributed by atoms with Gasteiger partial charge in [-0.25, -0.2) is 4.99 Å². The maximum atomic E-state index is 5.99. The first-order valence-corrected chi connectivity index (χ1v) is 6.59. The zero-order valence-corrected chi connectivity index (χ0v) is 12.3. The molecule has 1 aliphatic heterocycles. The minimum absolute atomic E-state index is 0. The Morgan fingerprint density at radius 2 is 2.00 bits per heavy atom. The molecule has 2 fully saturated rings. The van der Waals surface area contributed by atoms with E-state index in [1.54, 1.807) is 0 Å². The Bertz CT molecular complexity index is 229. The molecule has 0 bridgehead atoms. The number of hydrogen-bond donors (Lipinski definition) is 1. The molecule has 3 nitrogen and oxygen atoms in total. The van der Waals surface area contributed by atoms with Crippen molar-refractivity contribution in [3.05, 3.63) is 0 Å². The van der Waals surface area contributed by atoms with Crippen molar-refractivity contribution < 1.29 is 0 Å². The van der Waals surface area contributed by atoms with Crippen LogP contribution in [0, 0.1) is 5.92 Å². The summed E-state index contributed by atoms with van der Waals surface area (Å²) in [6.07, 6.45) is 2.54. The third kappa shape index (κ3) is 3.41. The first-order valence-electron chi connectivity index (χ1n) is 5.43. The molecule has 15 heavy (non-hydrogen) atoms. The maximum Gasteiger partial charge on any atom is 0.191 e. The third-order valence-corrected chi connectivity index (χ3v) is 4.15. The summed E-state index contributed by atoms with van der Waals surface area (Å²) in [7, 11) is 0. The van der Waals surface area contributed by atoms with Gasteiger partial charge in [0, 0.05) is 24.6 Å². The SMILES string of the molecule is CC1CCC1N=C(N)N1CCSCC1.I. The number of guanidine groups is 1. The summed E-state index contributed by atoms with van der Waals surface area (Å²) < 4.78 is 0. The average molecular weight is 341 g/mol. The van der Waals surface area contributed by atoms with Crippen LogP contribution in [0.15, 0.2) is 4.99 Å². The topological polar surface area (TPSA) is 41.6 Å². The molecule has 2 aliphatic rings. The van der Waals surface area contributed by atoms with Crippen molar-refractivity contribution in [1.82, 2.24) is 4.90 Å². The van der Waals surface area contributed by atoms with E-state index in [4.69, 9.17) is 5.73 Å². The number of rotatable bonds is 1. The van der Waals surface area contributed by atoms with Crippen LogP contribution in [-0.2, 0) is 0 Å². The largest absolute Gasteiger partial charge is 0.370 e. The lowest BCUT2D eigenvalue weighted by Gasteiger charge is -2.33. The average Bonchev–Trinajstić information content (AvgIpc) is 2.24. The number of nitrogens with two attached hydrogens (primary N) is 1. The van der Waals surface area contributed by atoms with Crippen LogP contribution in [0.1, 0.15) is 19.8 Å². The quantitative estimate of drug-likeness (QED) is 0.449. The highest BCUT2D eigenvalue weighted by atomic mass is 127. The van der Waals surface area contributed by atoms with Gasteiger partial charge in [-0.1, -0.05) is 6.92 Å². The molecule has 1 saturated carbocycles. The molecule has 2 atom stereocenters. The zero-order valence-electron chi connectivity index (χ0n) is 9.19. The van der Waals surface area contributed by atoms with E-state index in [9.17, 15) is 0 Å². The number of halogens is 1. The lowest BCUT2D eigenvalue weighted by atomic mass is 9.82. The Morgan fingerprint density at radius 1 is 1.33 bits per heavy atom. The van der Waals surface area contributed by atoms with Crippen molar-refractivity contribution in [2.45, 2.75) is 25.8 Å². The fraction of sp³-hybridized carbons (Fsp3) is 0.900. The summed E-state index contributed by atoms with van der Waals surface area (Å²) in [6, 6.07) is 0.504. The van der Waals surface area contributed by atoms with Gasteiger partial charge in [0.05, 0.1) is 6.04 Å². The Kier molecular flexibility index (Phi) is 5.52. The fourth-order valence-electron chi connectivity index (χ4n) is 1.88. The smallest absolute Gasteiger partial charge is 0.191 e. The molecule has 0 spiro atoms. The third-order valence-electron chi connectivity index (χ3n) is 3.21. The molecule has 0 aromatic rings. The van der Waals surface area contributed by atoms with Crippen molar-refractivity contribution in [2.24, 2.45) is 16.6 Å². The van der Waals surface area contributed by atoms with E-state index < -0.39 is 0 Å². The summed E-state index contributed by atoms with van der Waals surface area (Å²) >= 11 is 2.00. The predicted octanol–water partition coefficient (Wildman–Crippen LogP) is 1.77. The summed E-state index contributed by atoms with van der Waals surface area (Å²) in [5.74, 6) is 3.90. The van der Waals surface area contributed by atoms with Crippen molar-refractivity contribution >= 4 is 41.7 Å². The summed E-state index contributed by atoms with van der Waals surface area (Å²) in [4.78, 5) is 6.82. The second kappa shape index (κ2) is 6.18. The molecule has 1 saturated heterocycles. The van der Waals surface area contributed by atoms with Crippen LogP contribution in [0.5, 0.6) is 0 Å². The fourth-order valence-corrected chi connectivity index (χ4v) is 2.79. The van der Waals surface area contributed by atoms with Gasteiger partial charge in [0.15, 0.2) is 5.96 Å². The first kappa shape index (κ1) is 13.4. The van der Waals surface area contributed by atoms with Gasteiger partial charge >= 0.3 is 0 Å². The summed E-state index contributed by atoms with van der Waals surface area (Å²) in [6.45, 7) is 4.40. The van der Waals surface area contributed by atoms with Crippen molar-refractivity contribution in [2.75, 3.05) is 24.6 Å². The molecule has 0 aromatic heterocycles. The van der Waals surface area contributed by atoms with Gasteiger partial charge in [-0.05, 0) is 18.8 Å². The molecule has 2 N–H and O–H groups in total. The van der Waals surface area contributed by atoms with Crippen LogP contribution < -0.4 is 5.73 Å². The molecular weight excluding hydrogens is 321 g/mol. The Balaban J connectivity index is 0.00000112. The molecule has 5 heteroatoms. The Hall–Kier alpha value is 0.350. The molecule has 1 heterocycles. The zero-order chi connectivity index (χ0) is 9.97. The number of nitrogens with zero attached hydrogens (tertiary/aromatic N) is 2. The molecule has 88 valence electrons. The maximum absolute atomic E-state index is 5.99. The van der Waals surface area contributed by atoms with Crippen molar-refractivity contribution in [1.29, 1.82) is 0 Å². The van der Waals surface area contributed by atoms with Gasteiger partial charge in [0.1, 0.15) is 0 Å². The van der Waals surface area contributed by atoms with Crippen molar-refractivity contribution in [3.63, 3.8) is 0 Å². The Labute approximate surface area is 113 Å². The van der Waals surface area contributed by atoms with Crippen LogP contribution in [0.25, 0.3) is 0 Å². The molecule has 0 amide bonds. The van der Waals surface area contributed by atoms with E-state index >= 15 is 0 Å². The van der Waals surface area contributed by atoms with E-state index in [1.165, 1.54) is 24.3 Å². The molecule has 2 unspecified atom stereocenters. The molecule has 0 aromatic carbocycles. The Morgan fingerprint density at radius 3 is 2.47 bits per heavy atom. The highest BCUT2D eigenvalue weighted by Crippen LogP contribution is 2.29. The van der Waals surface area contributed by atoms with Gasteiger partial charge in [0.25, 0.3) is 0 Å². The van der Waals surface area contributed by atoms with Crippen LogP contribution in [-0.4, -0.2) is 41.5 Å². The lowest BCUT2D eigenvalue weighted by Crippen LogP contribution is -2.44. The van der Waals surface area contributed by atoms with Gasteiger partial charge in [-0.3, -0.25) is 0 Å². The lowest BCUT2D eigenvalue weighted by molar-refractivity contribution is 0.280. The van der Waals surface area contributed by atoms with E-state index in [-0.39, 0.29) is 24.0 Å². The van der Waals surface area contributed by atoms with E-state index in [2.05, 4.69) is 16.8 Å².